The van der Waals surface area contributed by atoms with Crippen LogP contribution in [-0.4, -0.2) is 31.6 Å². The van der Waals surface area contributed by atoms with Crippen LogP contribution in [0.5, 0.6) is 11.5 Å². The molecule has 0 spiro atoms. The van der Waals surface area contributed by atoms with E-state index in [0.29, 0.717) is 25.4 Å². The Morgan fingerprint density at radius 1 is 0.812 bits per heavy atom. The van der Waals surface area contributed by atoms with E-state index in [9.17, 15) is 4.79 Å². The lowest BCUT2D eigenvalue weighted by atomic mass is 9.89. The van der Waals surface area contributed by atoms with Gasteiger partial charge in [0.1, 0.15) is 11.5 Å². The summed E-state index contributed by atoms with van der Waals surface area (Å²) in [4.78, 5) is 14.7. The monoisotopic (exact) mass is 431 g/mol. The summed E-state index contributed by atoms with van der Waals surface area (Å²) < 4.78 is 10.6. The van der Waals surface area contributed by atoms with Gasteiger partial charge in [-0.15, -0.1) is 0 Å². The van der Waals surface area contributed by atoms with Gasteiger partial charge in [0.05, 0.1) is 14.2 Å². The van der Waals surface area contributed by atoms with Gasteiger partial charge in [-0.3, -0.25) is 4.79 Å². The van der Waals surface area contributed by atoms with E-state index in [1.165, 1.54) is 11.1 Å². The number of amides is 1. The van der Waals surface area contributed by atoms with Crippen LogP contribution in [0.4, 0.5) is 0 Å². The molecule has 0 bridgehead atoms. The van der Waals surface area contributed by atoms with Crippen LogP contribution < -0.4 is 9.47 Å². The smallest absolute Gasteiger partial charge is 0.222 e. The summed E-state index contributed by atoms with van der Waals surface area (Å²) in [5, 5.41) is 0. The molecule has 3 aromatic carbocycles. The number of ether oxygens (including phenoxy) is 2. The molecule has 168 valence electrons. The first-order valence-corrected chi connectivity index (χ1v) is 11.2. The topological polar surface area (TPSA) is 38.8 Å². The fourth-order valence-corrected chi connectivity index (χ4v) is 3.94. The summed E-state index contributed by atoms with van der Waals surface area (Å²) in [6.07, 6.45) is 2.33. The second kappa shape index (κ2) is 11.9. The van der Waals surface area contributed by atoms with Gasteiger partial charge in [0.25, 0.3) is 0 Å². The maximum Gasteiger partial charge on any atom is 0.222 e. The molecule has 0 aliphatic carbocycles. The average molecular weight is 432 g/mol. The van der Waals surface area contributed by atoms with Gasteiger partial charge < -0.3 is 14.4 Å². The van der Waals surface area contributed by atoms with Crippen molar-refractivity contribution in [1.82, 2.24) is 4.90 Å². The maximum atomic E-state index is 12.7. The number of benzene rings is 3. The molecule has 0 N–H and O–H groups in total. The van der Waals surface area contributed by atoms with Gasteiger partial charge in [-0.25, -0.2) is 0 Å². The summed E-state index contributed by atoms with van der Waals surface area (Å²) in [6, 6.07) is 26.8. The number of carbonyl (C=O) groups excluding carboxylic acids is 1. The molecule has 32 heavy (non-hydrogen) atoms. The number of carbonyl (C=O) groups is 1. The first-order valence-electron chi connectivity index (χ1n) is 11.2. The van der Waals surface area contributed by atoms with Crippen LogP contribution in [0.25, 0.3) is 0 Å². The van der Waals surface area contributed by atoms with Gasteiger partial charge in [0.2, 0.25) is 5.91 Å². The molecule has 0 saturated heterocycles. The standard InChI is InChI=1S/C28H33NO3/c1-4-28(30)29(21-23-10-14-26(31-2)15-11-23)19-18-25(20-22-8-6-5-7-9-22)24-12-16-27(32-3)17-13-24/h5-17,25H,4,18-21H2,1-3H3. The van der Waals surface area contributed by atoms with E-state index in [4.69, 9.17) is 9.47 Å². The Morgan fingerprint density at radius 2 is 1.41 bits per heavy atom. The second-order valence-corrected chi connectivity index (χ2v) is 7.97. The third kappa shape index (κ3) is 6.61. The van der Waals surface area contributed by atoms with Gasteiger partial charge >= 0.3 is 0 Å². The van der Waals surface area contributed by atoms with E-state index in [1.807, 2.05) is 54.3 Å². The molecule has 0 saturated carbocycles. The molecule has 4 heteroatoms. The zero-order chi connectivity index (χ0) is 22.8. The SMILES string of the molecule is CCC(=O)N(CCC(Cc1ccccc1)c1ccc(OC)cc1)Cc1ccc(OC)cc1. The Labute approximate surface area is 191 Å². The van der Waals surface area contributed by atoms with Gasteiger partial charge in [0.15, 0.2) is 0 Å². The van der Waals surface area contributed by atoms with Crippen molar-refractivity contribution in [2.45, 2.75) is 38.6 Å². The molecule has 0 heterocycles. The van der Waals surface area contributed by atoms with Crippen LogP contribution in [-0.2, 0) is 17.8 Å². The van der Waals surface area contributed by atoms with Crippen LogP contribution in [0.3, 0.4) is 0 Å². The van der Waals surface area contributed by atoms with Gasteiger partial charge in [-0.1, -0.05) is 61.5 Å². The third-order valence-electron chi connectivity index (χ3n) is 5.85. The fraction of sp³-hybridized carbons (Fsp3) is 0.321. The van der Waals surface area contributed by atoms with Crippen LogP contribution in [0.1, 0.15) is 42.4 Å². The lowest BCUT2D eigenvalue weighted by molar-refractivity contribution is -0.131. The summed E-state index contributed by atoms with van der Waals surface area (Å²) in [7, 11) is 3.35. The molecule has 1 amide bonds. The van der Waals surface area contributed by atoms with Crippen LogP contribution in [0.15, 0.2) is 78.9 Å². The molecule has 0 aromatic heterocycles. The van der Waals surface area contributed by atoms with E-state index in [-0.39, 0.29) is 5.91 Å². The zero-order valence-electron chi connectivity index (χ0n) is 19.3. The summed E-state index contributed by atoms with van der Waals surface area (Å²) in [5.74, 6) is 2.17. The quantitative estimate of drug-likeness (QED) is 0.382. The Bertz CT molecular complexity index is 952. The molecule has 1 unspecified atom stereocenters. The molecule has 0 aliphatic rings. The Morgan fingerprint density at radius 3 is 1.97 bits per heavy atom. The van der Waals surface area contributed by atoms with Crippen molar-refractivity contribution in [2.24, 2.45) is 0 Å². The molecule has 1 atom stereocenters. The van der Waals surface area contributed by atoms with Crippen LogP contribution >= 0.6 is 0 Å². The molecular formula is C28H33NO3. The zero-order valence-corrected chi connectivity index (χ0v) is 19.3. The minimum absolute atomic E-state index is 0.175. The highest BCUT2D eigenvalue weighted by Crippen LogP contribution is 2.27. The molecule has 3 aromatic rings. The van der Waals surface area contributed by atoms with Crippen molar-refractivity contribution < 1.29 is 14.3 Å². The minimum Gasteiger partial charge on any atom is -0.497 e. The van der Waals surface area contributed by atoms with Crippen LogP contribution in [0.2, 0.25) is 0 Å². The average Bonchev–Trinajstić information content (AvgIpc) is 2.86. The molecular weight excluding hydrogens is 398 g/mol. The molecule has 0 radical (unpaired) electrons. The van der Waals surface area contributed by atoms with E-state index >= 15 is 0 Å². The van der Waals surface area contributed by atoms with E-state index in [2.05, 4.69) is 36.4 Å². The lowest BCUT2D eigenvalue weighted by Gasteiger charge is -2.26. The highest BCUT2D eigenvalue weighted by molar-refractivity contribution is 5.75. The van der Waals surface area contributed by atoms with Crippen molar-refractivity contribution in [3.05, 3.63) is 95.6 Å². The van der Waals surface area contributed by atoms with Crippen molar-refractivity contribution in [1.29, 1.82) is 0 Å². The Hall–Kier alpha value is -3.27. The van der Waals surface area contributed by atoms with Gasteiger partial charge in [-0.2, -0.15) is 0 Å². The van der Waals surface area contributed by atoms with Gasteiger partial charge in [-0.05, 0) is 59.7 Å². The number of rotatable bonds is 11. The predicted octanol–water partition coefficient (Wildman–Crippen LogP) is 5.86. The highest BCUT2D eigenvalue weighted by atomic mass is 16.5. The van der Waals surface area contributed by atoms with Crippen molar-refractivity contribution >= 4 is 5.91 Å². The lowest BCUT2D eigenvalue weighted by Crippen LogP contribution is -2.31. The molecule has 4 nitrogen and oxygen atoms in total. The number of hydrogen-bond donors (Lipinski definition) is 0. The van der Waals surface area contributed by atoms with Crippen molar-refractivity contribution in [3.63, 3.8) is 0 Å². The van der Waals surface area contributed by atoms with E-state index in [1.54, 1.807) is 14.2 Å². The second-order valence-electron chi connectivity index (χ2n) is 7.97. The molecule has 3 rings (SSSR count). The maximum absolute atomic E-state index is 12.7. The predicted molar refractivity (Wildman–Crippen MR) is 129 cm³/mol. The third-order valence-corrected chi connectivity index (χ3v) is 5.85. The fourth-order valence-electron chi connectivity index (χ4n) is 3.94. The van der Waals surface area contributed by atoms with Crippen molar-refractivity contribution in [2.75, 3.05) is 20.8 Å². The van der Waals surface area contributed by atoms with E-state index in [0.717, 1.165) is 29.9 Å². The van der Waals surface area contributed by atoms with Crippen molar-refractivity contribution in [3.8, 4) is 11.5 Å². The normalized spacial score (nSPS) is 11.6. The first-order chi connectivity index (χ1) is 15.6. The number of hydrogen-bond acceptors (Lipinski definition) is 3. The van der Waals surface area contributed by atoms with Gasteiger partial charge in [0, 0.05) is 19.5 Å². The summed E-state index contributed by atoms with van der Waals surface area (Å²) in [5.41, 5.74) is 3.68. The minimum atomic E-state index is 0.175. The first kappa shape index (κ1) is 23.4. The molecule has 0 fully saturated rings. The molecule has 0 aliphatic heterocycles. The largest absolute Gasteiger partial charge is 0.497 e. The van der Waals surface area contributed by atoms with E-state index < -0.39 is 0 Å². The summed E-state index contributed by atoms with van der Waals surface area (Å²) in [6.45, 7) is 3.24. The highest BCUT2D eigenvalue weighted by Gasteiger charge is 2.18. The summed E-state index contributed by atoms with van der Waals surface area (Å²) >= 11 is 0. The van der Waals surface area contributed by atoms with Crippen LogP contribution in [0, 0.1) is 0 Å². The number of nitrogens with zero attached hydrogens (tertiary/aromatic N) is 1. The Kier molecular flexibility index (Phi) is 8.73. The number of methoxy groups -OCH3 is 2. The Balaban J connectivity index is 1.75.